The SMILES string of the molecule is CN1CCC(CNCc2nc3ccccc3c(=O)[nH]2)CC1. The summed E-state index contributed by atoms with van der Waals surface area (Å²) in [6, 6.07) is 7.45. The molecular formula is C16H22N4O. The summed E-state index contributed by atoms with van der Waals surface area (Å²) in [6.45, 7) is 3.96. The number of H-pyrrole nitrogens is 1. The number of hydrogen-bond acceptors (Lipinski definition) is 4. The zero-order valence-corrected chi connectivity index (χ0v) is 12.4. The second-order valence-corrected chi connectivity index (χ2v) is 5.91. The number of piperidine rings is 1. The van der Waals surface area contributed by atoms with Gasteiger partial charge in [-0.3, -0.25) is 4.79 Å². The van der Waals surface area contributed by atoms with Gasteiger partial charge in [-0.25, -0.2) is 4.98 Å². The van der Waals surface area contributed by atoms with Gasteiger partial charge in [-0.15, -0.1) is 0 Å². The molecular weight excluding hydrogens is 264 g/mol. The number of aromatic amines is 1. The van der Waals surface area contributed by atoms with Crippen LogP contribution in [0, 0.1) is 5.92 Å². The van der Waals surface area contributed by atoms with Crippen molar-refractivity contribution in [2.45, 2.75) is 19.4 Å². The van der Waals surface area contributed by atoms with Gasteiger partial charge in [0.15, 0.2) is 0 Å². The van der Waals surface area contributed by atoms with Crippen molar-refractivity contribution in [1.82, 2.24) is 20.2 Å². The summed E-state index contributed by atoms with van der Waals surface area (Å²) in [4.78, 5) is 21.7. The topological polar surface area (TPSA) is 61.0 Å². The van der Waals surface area contributed by atoms with E-state index in [9.17, 15) is 4.79 Å². The van der Waals surface area contributed by atoms with Crippen LogP contribution in [0.15, 0.2) is 29.1 Å². The number of rotatable bonds is 4. The maximum absolute atomic E-state index is 12.0. The fourth-order valence-corrected chi connectivity index (χ4v) is 2.88. The second-order valence-electron chi connectivity index (χ2n) is 5.91. The van der Waals surface area contributed by atoms with Crippen LogP contribution in [0.3, 0.4) is 0 Å². The molecule has 5 nitrogen and oxygen atoms in total. The van der Waals surface area contributed by atoms with E-state index in [-0.39, 0.29) is 5.56 Å². The Morgan fingerprint density at radius 1 is 1.33 bits per heavy atom. The molecule has 2 N–H and O–H groups in total. The molecule has 2 aromatic rings. The first-order valence-corrected chi connectivity index (χ1v) is 7.59. The summed E-state index contributed by atoms with van der Waals surface area (Å²) >= 11 is 0. The lowest BCUT2D eigenvalue weighted by atomic mass is 9.97. The van der Waals surface area contributed by atoms with Crippen LogP contribution in [-0.2, 0) is 6.54 Å². The lowest BCUT2D eigenvalue weighted by Gasteiger charge is -2.28. The highest BCUT2D eigenvalue weighted by molar-refractivity contribution is 5.77. The molecule has 0 saturated carbocycles. The molecule has 112 valence electrons. The average molecular weight is 286 g/mol. The molecule has 1 aliphatic rings. The first-order valence-electron chi connectivity index (χ1n) is 7.59. The van der Waals surface area contributed by atoms with Crippen molar-refractivity contribution in [3.63, 3.8) is 0 Å². The van der Waals surface area contributed by atoms with Crippen LogP contribution in [-0.4, -0.2) is 41.5 Å². The number of aromatic nitrogens is 2. The van der Waals surface area contributed by atoms with Crippen molar-refractivity contribution in [3.05, 3.63) is 40.4 Å². The quantitative estimate of drug-likeness (QED) is 0.891. The second kappa shape index (κ2) is 6.37. The van der Waals surface area contributed by atoms with Gasteiger partial charge in [-0.05, 0) is 57.6 Å². The molecule has 1 fully saturated rings. The Morgan fingerprint density at radius 2 is 2.10 bits per heavy atom. The number of benzene rings is 1. The predicted molar refractivity (Wildman–Crippen MR) is 84.3 cm³/mol. The molecule has 1 aromatic carbocycles. The molecule has 3 rings (SSSR count). The van der Waals surface area contributed by atoms with E-state index < -0.39 is 0 Å². The standard InChI is InChI=1S/C16H22N4O/c1-20-8-6-12(7-9-20)10-17-11-15-18-14-5-3-2-4-13(14)16(21)19-15/h2-5,12,17H,6-11H2,1H3,(H,18,19,21). The van der Waals surface area contributed by atoms with Gasteiger partial charge in [0.2, 0.25) is 0 Å². The molecule has 0 spiro atoms. The Hall–Kier alpha value is -1.72. The number of hydrogen-bond donors (Lipinski definition) is 2. The third-order valence-electron chi connectivity index (χ3n) is 4.23. The lowest BCUT2D eigenvalue weighted by molar-refractivity contribution is 0.215. The van der Waals surface area contributed by atoms with Gasteiger partial charge < -0.3 is 15.2 Å². The van der Waals surface area contributed by atoms with Gasteiger partial charge in [0.25, 0.3) is 5.56 Å². The Bertz CT molecular complexity index is 659. The maximum Gasteiger partial charge on any atom is 0.258 e. The van der Waals surface area contributed by atoms with E-state index in [1.165, 1.54) is 25.9 Å². The first-order chi connectivity index (χ1) is 10.2. The van der Waals surface area contributed by atoms with Crippen molar-refractivity contribution in [2.24, 2.45) is 5.92 Å². The summed E-state index contributed by atoms with van der Waals surface area (Å²) in [7, 11) is 2.17. The van der Waals surface area contributed by atoms with Gasteiger partial charge in [0.05, 0.1) is 17.4 Å². The van der Waals surface area contributed by atoms with Crippen LogP contribution in [0.5, 0.6) is 0 Å². The molecule has 1 saturated heterocycles. The Kier molecular flexibility index (Phi) is 4.31. The maximum atomic E-state index is 12.0. The molecule has 2 heterocycles. The number of nitrogens with one attached hydrogen (secondary N) is 2. The zero-order valence-electron chi connectivity index (χ0n) is 12.4. The number of para-hydroxylation sites is 1. The third kappa shape index (κ3) is 3.49. The van der Waals surface area contributed by atoms with Gasteiger partial charge >= 0.3 is 0 Å². The highest BCUT2D eigenvalue weighted by atomic mass is 16.1. The van der Waals surface area contributed by atoms with E-state index in [1.807, 2.05) is 18.2 Å². The summed E-state index contributed by atoms with van der Waals surface area (Å²) in [5.41, 5.74) is 0.703. The van der Waals surface area contributed by atoms with E-state index in [1.54, 1.807) is 6.07 Å². The summed E-state index contributed by atoms with van der Waals surface area (Å²) in [5, 5.41) is 4.08. The third-order valence-corrected chi connectivity index (χ3v) is 4.23. The van der Waals surface area contributed by atoms with Crippen molar-refractivity contribution < 1.29 is 0 Å². The van der Waals surface area contributed by atoms with E-state index in [0.717, 1.165) is 18.0 Å². The van der Waals surface area contributed by atoms with Crippen molar-refractivity contribution in [3.8, 4) is 0 Å². The number of fused-ring (bicyclic) bond motifs is 1. The minimum Gasteiger partial charge on any atom is -0.310 e. The van der Waals surface area contributed by atoms with Crippen LogP contribution in [0.25, 0.3) is 10.9 Å². The molecule has 1 aliphatic heterocycles. The minimum absolute atomic E-state index is 0.0586. The van der Waals surface area contributed by atoms with Gasteiger partial charge in [0, 0.05) is 0 Å². The van der Waals surface area contributed by atoms with E-state index in [0.29, 0.717) is 17.8 Å². The largest absolute Gasteiger partial charge is 0.310 e. The molecule has 0 bridgehead atoms. The summed E-state index contributed by atoms with van der Waals surface area (Å²) in [5.74, 6) is 1.44. The predicted octanol–water partition coefficient (Wildman–Crippen LogP) is 1.35. The minimum atomic E-state index is -0.0586. The molecule has 0 amide bonds. The average Bonchev–Trinajstić information content (AvgIpc) is 2.49. The van der Waals surface area contributed by atoms with Crippen LogP contribution in [0.4, 0.5) is 0 Å². The first kappa shape index (κ1) is 14.2. The van der Waals surface area contributed by atoms with E-state index in [4.69, 9.17) is 0 Å². The van der Waals surface area contributed by atoms with Gasteiger partial charge in [-0.2, -0.15) is 0 Å². The fourth-order valence-electron chi connectivity index (χ4n) is 2.88. The van der Waals surface area contributed by atoms with Gasteiger partial charge in [0.1, 0.15) is 5.82 Å². The highest BCUT2D eigenvalue weighted by Crippen LogP contribution is 2.14. The number of likely N-dealkylation sites (tertiary alicyclic amines) is 1. The molecule has 5 heteroatoms. The van der Waals surface area contributed by atoms with E-state index in [2.05, 4.69) is 27.2 Å². The van der Waals surface area contributed by atoms with Crippen molar-refractivity contribution >= 4 is 10.9 Å². The molecule has 0 aliphatic carbocycles. The smallest absolute Gasteiger partial charge is 0.258 e. The Morgan fingerprint density at radius 3 is 2.90 bits per heavy atom. The number of nitrogens with zero attached hydrogens (tertiary/aromatic N) is 2. The van der Waals surface area contributed by atoms with Crippen LogP contribution in [0.1, 0.15) is 18.7 Å². The monoisotopic (exact) mass is 286 g/mol. The molecule has 1 aromatic heterocycles. The molecule has 0 radical (unpaired) electrons. The summed E-state index contributed by atoms with van der Waals surface area (Å²) in [6.07, 6.45) is 2.48. The van der Waals surface area contributed by atoms with Gasteiger partial charge in [-0.1, -0.05) is 12.1 Å². The van der Waals surface area contributed by atoms with Crippen molar-refractivity contribution in [2.75, 3.05) is 26.7 Å². The molecule has 0 atom stereocenters. The summed E-state index contributed by atoms with van der Waals surface area (Å²) < 4.78 is 0. The normalized spacial score (nSPS) is 17.4. The van der Waals surface area contributed by atoms with Crippen LogP contribution < -0.4 is 10.9 Å². The zero-order chi connectivity index (χ0) is 14.7. The lowest BCUT2D eigenvalue weighted by Crippen LogP contribution is -2.35. The van der Waals surface area contributed by atoms with Crippen LogP contribution >= 0.6 is 0 Å². The molecule has 21 heavy (non-hydrogen) atoms. The van der Waals surface area contributed by atoms with Crippen LogP contribution in [0.2, 0.25) is 0 Å². The highest BCUT2D eigenvalue weighted by Gasteiger charge is 2.16. The fraction of sp³-hybridized carbons (Fsp3) is 0.500. The van der Waals surface area contributed by atoms with E-state index >= 15 is 0 Å². The molecule has 0 unspecified atom stereocenters. The Labute approximate surface area is 124 Å². The van der Waals surface area contributed by atoms with Crippen molar-refractivity contribution in [1.29, 1.82) is 0 Å². The Balaban J connectivity index is 1.59.